The predicted octanol–water partition coefficient (Wildman–Crippen LogP) is 2.56. The number of para-hydroxylation sites is 1. The average molecular weight is 372 g/mol. The van der Waals surface area contributed by atoms with Gasteiger partial charge in [-0.25, -0.2) is 16.8 Å². The molecule has 2 aromatic rings. The van der Waals surface area contributed by atoms with Gasteiger partial charge in [-0.15, -0.1) is 11.6 Å². The highest BCUT2D eigenvalue weighted by Crippen LogP contribution is 2.43. The standard InChI is InChI=1S/C15H14ClNO4S2/c1-17-13-6-4-3-5-11(13)15(16)12-8-7-10(22(2,18)19)9-14(12)23(17,20)21/h3-9,15H,1-2H3. The minimum Gasteiger partial charge on any atom is -0.269 e. The topological polar surface area (TPSA) is 71.5 Å². The average Bonchev–Trinajstić information content (AvgIpc) is 2.56. The first-order chi connectivity index (χ1) is 10.6. The van der Waals surface area contributed by atoms with Crippen LogP contribution in [0, 0.1) is 0 Å². The molecule has 0 N–H and O–H groups in total. The number of sulfonamides is 1. The summed E-state index contributed by atoms with van der Waals surface area (Å²) in [6.45, 7) is 0. The van der Waals surface area contributed by atoms with Crippen LogP contribution < -0.4 is 4.31 Å². The fourth-order valence-electron chi connectivity index (χ4n) is 2.61. The molecule has 23 heavy (non-hydrogen) atoms. The number of rotatable bonds is 1. The Morgan fingerprint density at radius 2 is 1.74 bits per heavy atom. The Morgan fingerprint density at radius 1 is 1.09 bits per heavy atom. The third-order valence-corrected chi connectivity index (χ3v) is 7.28. The molecule has 0 saturated carbocycles. The number of hydrogen-bond acceptors (Lipinski definition) is 4. The molecule has 0 aromatic heterocycles. The van der Waals surface area contributed by atoms with E-state index in [1.165, 1.54) is 25.2 Å². The van der Waals surface area contributed by atoms with Crippen molar-refractivity contribution in [3.05, 3.63) is 53.6 Å². The van der Waals surface area contributed by atoms with Crippen molar-refractivity contribution in [1.29, 1.82) is 0 Å². The molecule has 1 heterocycles. The van der Waals surface area contributed by atoms with Crippen LogP contribution >= 0.6 is 11.6 Å². The monoisotopic (exact) mass is 371 g/mol. The first-order valence-electron chi connectivity index (χ1n) is 6.70. The molecule has 8 heteroatoms. The molecule has 0 saturated heterocycles. The van der Waals surface area contributed by atoms with Gasteiger partial charge in [0.15, 0.2) is 9.84 Å². The van der Waals surface area contributed by atoms with E-state index in [-0.39, 0.29) is 9.79 Å². The van der Waals surface area contributed by atoms with Crippen LogP contribution in [0.15, 0.2) is 52.3 Å². The lowest BCUT2D eigenvalue weighted by Gasteiger charge is -2.19. The van der Waals surface area contributed by atoms with Gasteiger partial charge in [-0.3, -0.25) is 4.31 Å². The number of nitrogens with zero attached hydrogens (tertiary/aromatic N) is 1. The smallest absolute Gasteiger partial charge is 0.264 e. The van der Waals surface area contributed by atoms with E-state index >= 15 is 0 Å². The van der Waals surface area contributed by atoms with Gasteiger partial charge in [0.25, 0.3) is 10.0 Å². The normalized spacial score (nSPS) is 19.6. The van der Waals surface area contributed by atoms with Gasteiger partial charge in [0.05, 0.1) is 20.9 Å². The van der Waals surface area contributed by atoms with E-state index in [4.69, 9.17) is 11.6 Å². The second-order valence-corrected chi connectivity index (χ2v) is 9.76. The van der Waals surface area contributed by atoms with Crippen LogP contribution in [0.2, 0.25) is 0 Å². The largest absolute Gasteiger partial charge is 0.269 e. The number of benzene rings is 2. The van der Waals surface area contributed by atoms with Crippen LogP contribution in [0.3, 0.4) is 0 Å². The van der Waals surface area contributed by atoms with Crippen molar-refractivity contribution in [2.24, 2.45) is 0 Å². The molecule has 0 radical (unpaired) electrons. The Labute approximate surface area is 140 Å². The van der Waals surface area contributed by atoms with E-state index in [9.17, 15) is 16.8 Å². The molecule has 1 unspecified atom stereocenters. The maximum Gasteiger partial charge on any atom is 0.264 e. The Hall–Kier alpha value is -1.57. The predicted molar refractivity (Wildman–Crippen MR) is 89.3 cm³/mol. The highest BCUT2D eigenvalue weighted by atomic mass is 35.5. The van der Waals surface area contributed by atoms with Crippen LogP contribution in [-0.2, 0) is 19.9 Å². The number of alkyl halides is 1. The van der Waals surface area contributed by atoms with Gasteiger partial charge in [-0.1, -0.05) is 24.3 Å². The van der Waals surface area contributed by atoms with Crippen LogP contribution in [-0.4, -0.2) is 30.1 Å². The molecule has 3 rings (SSSR count). The van der Waals surface area contributed by atoms with E-state index < -0.39 is 25.2 Å². The Bertz CT molecular complexity index is 1000. The van der Waals surface area contributed by atoms with Crippen molar-refractivity contribution >= 4 is 37.1 Å². The zero-order valence-corrected chi connectivity index (χ0v) is 14.8. The van der Waals surface area contributed by atoms with Crippen LogP contribution in [0.5, 0.6) is 0 Å². The van der Waals surface area contributed by atoms with Crippen LogP contribution in [0.25, 0.3) is 0 Å². The van der Waals surface area contributed by atoms with Crippen molar-refractivity contribution in [2.45, 2.75) is 15.2 Å². The van der Waals surface area contributed by atoms with Crippen LogP contribution in [0.1, 0.15) is 16.5 Å². The zero-order valence-electron chi connectivity index (χ0n) is 12.4. The summed E-state index contributed by atoms with van der Waals surface area (Å²) in [5, 5.41) is -0.686. The van der Waals surface area contributed by atoms with E-state index in [0.717, 1.165) is 10.6 Å². The minimum absolute atomic E-state index is 0.0527. The van der Waals surface area contributed by atoms with Gasteiger partial charge in [-0.2, -0.15) is 0 Å². The van der Waals surface area contributed by atoms with Gasteiger partial charge in [0, 0.05) is 13.3 Å². The molecular weight excluding hydrogens is 358 g/mol. The van der Waals surface area contributed by atoms with Gasteiger partial charge < -0.3 is 0 Å². The summed E-state index contributed by atoms with van der Waals surface area (Å²) in [5.41, 5.74) is 1.51. The molecule has 0 bridgehead atoms. The van der Waals surface area contributed by atoms with E-state index in [1.807, 2.05) is 0 Å². The minimum atomic E-state index is -3.90. The summed E-state index contributed by atoms with van der Waals surface area (Å²) in [7, 11) is -6.00. The lowest BCUT2D eigenvalue weighted by atomic mass is 10.0. The summed E-state index contributed by atoms with van der Waals surface area (Å²) in [4.78, 5) is -0.137. The van der Waals surface area contributed by atoms with Crippen molar-refractivity contribution < 1.29 is 16.8 Å². The SMILES string of the molecule is CN1c2ccccc2C(Cl)c2ccc(S(C)(=O)=O)cc2S1(=O)=O. The molecule has 0 amide bonds. The Balaban J connectivity index is 2.39. The van der Waals surface area contributed by atoms with Crippen molar-refractivity contribution in [2.75, 3.05) is 17.6 Å². The van der Waals surface area contributed by atoms with Crippen molar-refractivity contribution in [3.8, 4) is 0 Å². The summed E-state index contributed by atoms with van der Waals surface area (Å²) in [6.07, 6.45) is 1.04. The summed E-state index contributed by atoms with van der Waals surface area (Å²) < 4.78 is 50.4. The zero-order chi connectivity index (χ0) is 17.0. The first-order valence-corrected chi connectivity index (χ1v) is 10.5. The molecule has 0 fully saturated rings. The van der Waals surface area contributed by atoms with Gasteiger partial charge in [0.2, 0.25) is 0 Å². The molecule has 122 valence electrons. The summed E-state index contributed by atoms with van der Waals surface area (Å²) >= 11 is 6.50. The molecule has 0 spiro atoms. The molecule has 0 aliphatic carbocycles. The Kier molecular flexibility index (Phi) is 3.70. The number of halogens is 1. The maximum atomic E-state index is 12.9. The fraction of sp³-hybridized carbons (Fsp3) is 0.200. The maximum absolute atomic E-state index is 12.9. The van der Waals surface area contributed by atoms with E-state index in [1.54, 1.807) is 24.3 Å². The highest BCUT2D eigenvalue weighted by molar-refractivity contribution is 7.93. The highest BCUT2D eigenvalue weighted by Gasteiger charge is 2.34. The molecule has 1 aliphatic rings. The van der Waals surface area contributed by atoms with Crippen molar-refractivity contribution in [1.82, 2.24) is 0 Å². The third kappa shape index (κ3) is 2.52. The molecule has 2 aromatic carbocycles. The van der Waals surface area contributed by atoms with Gasteiger partial charge in [0.1, 0.15) is 0 Å². The summed E-state index contributed by atoms with van der Waals surface area (Å²) in [5.74, 6) is 0. The quantitative estimate of drug-likeness (QED) is 0.722. The molecular formula is C15H14ClNO4S2. The van der Waals surface area contributed by atoms with Crippen LogP contribution in [0.4, 0.5) is 5.69 Å². The number of sulfone groups is 1. The molecule has 1 atom stereocenters. The first kappa shape index (κ1) is 16.3. The van der Waals surface area contributed by atoms with Gasteiger partial charge in [-0.05, 0) is 29.3 Å². The molecule has 1 aliphatic heterocycles. The second-order valence-electron chi connectivity index (χ2n) is 5.37. The van der Waals surface area contributed by atoms with E-state index in [0.29, 0.717) is 16.8 Å². The second kappa shape index (κ2) is 5.22. The van der Waals surface area contributed by atoms with Crippen molar-refractivity contribution in [3.63, 3.8) is 0 Å². The lowest BCUT2D eigenvalue weighted by molar-refractivity contribution is 0.593. The molecule has 5 nitrogen and oxygen atoms in total. The lowest BCUT2D eigenvalue weighted by Crippen LogP contribution is -2.26. The van der Waals surface area contributed by atoms with E-state index in [2.05, 4.69) is 0 Å². The Morgan fingerprint density at radius 3 is 2.39 bits per heavy atom. The fourth-order valence-corrected chi connectivity index (χ4v) is 5.25. The van der Waals surface area contributed by atoms with Gasteiger partial charge >= 0.3 is 0 Å². The number of anilines is 1. The summed E-state index contributed by atoms with van der Waals surface area (Å²) in [6, 6.07) is 11.0. The number of hydrogen-bond donors (Lipinski definition) is 0. The third-order valence-electron chi connectivity index (χ3n) is 3.87. The number of fused-ring (bicyclic) bond motifs is 2.